The van der Waals surface area contributed by atoms with Crippen LogP contribution in [0.1, 0.15) is 28.4 Å². The minimum absolute atomic E-state index is 0.0361. The van der Waals surface area contributed by atoms with Crippen LogP contribution < -0.4 is 0 Å². The number of thioether (sulfide) groups is 1. The van der Waals surface area contributed by atoms with Crippen LogP contribution in [-0.2, 0) is 11.2 Å². The Hall–Kier alpha value is -1.54. The van der Waals surface area contributed by atoms with E-state index < -0.39 is 0 Å². The summed E-state index contributed by atoms with van der Waals surface area (Å²) in [6.07, 6.45) is 1.56. The van der Waals surface area contributed by atoms with E-state index in [1.807, 2.05) is 18.2 Å². The number of Topliss-reactive ketones (excluding diaryl/α,β-unsaturated/α-hetero) is 1. The van der Waals surface area contributed by atoms with E-state index in [2.05, 4.69) is 37.3 Å². The van der Waals surface area contributed by atoms with Gasteiger partial charge in [0.05, 0.1) is 5.25 Å². The molecule has 0 saturated heterocycles. The molecule has 19 heavy (non-hydrogen) atoms. The summed E-state index contributed by atoms with van der Waals surface area (Å²) in [5, 5.41) is -0.0361. The fourth-order valence-electron chi connectivity index (χ4n) is 2.63. The monoisotopic (exact) mass is 268 g/mol. The molecular formula is C17H16OS. The van der Waals surface area contributed by atoms with Crippen molar-refractivity contribution < 1.29 is 4.79 Å². The highest BCUT2D eigenvalue weighted by molar-refractivity contribution is 8.00. The molecular weight excluding hydrogens is 252 g/mol. The van der Waals surface area contributed by atoms with Crippen LogP contribution in [0.3, 0.4) is 0 Å². The van der Waals surface area contributed by atoms with Crippen LogP contribution in [0.2, 0.25) is 0 Å². The summed E-state index contributed by atoms with van der Waals surface area (Å²) in [6.45, 7) is 2.14. The zero-order valence-corrected chi connectivity index (χ0v) is 11.7. The van der Waals surface area contributed by atoms with Crippen LogP contribution >= 0.6 is 11.8 Å². The Bertz CT molecular complexity index is 604. The standard InChI is InChI=1S/C17H16OS/c1-12-6-5-9-15-14(12)10-11-16(18)17(15)19-13-7-3-2-4-8-13/h2-9,17H,10-11H2,1H3. The maximum Gasteiger partial charge on any atom is 0.150 e. The van der Waals surface area contributed by atoms with Gasteiger partial charge in [-0.05, 0) is 42.2 Å². The van der Waals surface area contributed by atoms with Crippen LogP contribution in [0, 0.1) is 6.92 Å². The van der Waals surface area contributed by atoms with Gasteiger partial charge in [0, 0.05) is 11.3 Å². The van der Waals surface area contributed by atoms with Gasteiger partial charge in [0.2, 0.25) is 0 Å². The zero-order chi connectivity index (χ0) is 13.2. The van der Waals surface area contributed by atoms with Gasteiger partial charge in [0.25, 0.3) is 0 Å². The summed E-state index contributed by atoms with van der Waals surface area (Å²) in [6, 6.07) is 16.5. The van der Waals surface area contributed by atoms with Crippen molar-refractivity contribution >= 4 is 17.5 Å². The summed E-state index contributed by atoms with van der Waals surface area (Å²) in [5.41, 5.74) is 3.89. The number of hydrogen-bond acceptors (Lipinski definition) is 2. The van der Waals surface area contributed by atoms with Gasteiger partial charge >= 0.3 is 0 Å². The first-order valence-electron chi connectivity index (χ1n) is 6.58. The van der Waals surface area contributed by atoms with E-state index >= 15 is 0 Å². The second-order valence-electron chi connectivity index (χ2n) is 4.92. The second-order valence-corrected chi connectivity index (χ2v) is 6.10. The van der Waals surface area contributed by atoms with Gasteiger partial charge in [0.1, 0.15) is 0 Å². The third kappa shape index (κ3) is 2.45. The Morgan fingerprint density at radius 2 is 1.79 bits per heavy atom. The molecule has 2 aromatic rings. The van der Waals surface area contributed by atoms with E-state index in [0.29, 0.717) is 12.2 Å². The first kappa shape index (κ1) is 12.5. The molecule has 1 atom stereocenters. The van der Waals surface area contributed by atoms with Crippen LogP contribution in [-0.4, -0.2) is 5.78 Å². The highest BCUT2D eigenvalue weighted by Crippen LogP contribution is 2.42. The number of ketones is 1. The molecule has 0 radical (unpaired) electrons. The molecule has 96 valence electrons. The van der Waals surface area contributed by atoms with Crippen molar-refractivity contribution in [2.75, 3.05) is 0 Å². The van der Waals surface area contributed by atoms with Crippen molar-refractivity contribution in [1.29, 1.82) is 0 Å². The van der Waals surface area contributed by atoms with Crippen molar-refractivity contribution in [2.24, 2.45) is 0 Å². The highest BCUT2D eigenvalue weighted by Gasteiger charge is 2.28. The topological polar surface area (TPSA) is 17.1 Å². The molecule has 0 saturated carbocycles. The fraction of sp³-hybridized carbons (Fsp3) is 0.235. The van der Waals surface area contributed by atoms with E-state index in [4.69, 9.17) is 0 Å². The van der Waals surface area contributed by atoms with Gasteiger partial charge in [0.15, 0.2) is 5.78 Å². The molecule has 1 aliphatic carbocycles. The predicted octanol–water partition coefficient (Wildman–Crippen LogP) is 4.34. The molecule has 2 heteroatoms. The van der Waals surface area contributed by atoms with Crippen LogP contribution in [0.5, 0.6) is 0 Å². The molecule has 0 spiro atoms. The molecule has 0 N–H and O–H groups in total. The van der Waals surface area contributed by atoms with Crippen molar-refractivity contribution in [3.8, 4) is 0 Å². The Labute approximate surface area is 118 Å². The lowest BCUT2D eigenvalue weighted by Gasteiger charge is -2.25. The highest BCUT2D eigenvalue weighted by atomic mass is 32.2. The lowest BCUT2D eigenvalue weighted by atomic mass is 9.87. The van der Waals surface area contributed by atoms with Gasteiger partial charge in [-0.15, -0.1) is 11.8 Å². The normalized spacial score (nSPS) is 18.2. The van der Waals surface area contributed by atoms with Gasteiger partial charge in [-0.2, -0.15) is 0 Å². The number of benzene rings is 2. The Kier molecular flexibility index (Phi) is 3.43. The van der Waals surface area contributed by atoms with E-state index in [0.717, 1.165) is 11.3 Å². The van der Waals surface area contributed by atoms with Crippen molar-refractivity contribution in [3.63, 3.8) is 0 Å². The Balaban J connectivity index is 1.98. The Morgan fingerprint density at radius 3 is 2.58 bits per heavy atom. The molecule has 0 aromatic heterocycles. The fourth-order valence-corrected chi connectivity index (χ4v) is 3.81. The van der Waals surface area contributed by atoms with Gasteiger partial charge in [-0.1, -0.05) is 36.4 Å². The maximum atomic E-state index is 12.3. The second kappa shape index (κ2) is 5.22. The zero-order valence-electron chi connectivity index (χ0n) is 10.9. The molecule has 0 amide bonds. The predicted molar refractivity (Wildman–Crippen MR) is 79.5 cm³/mol. The minimum atomic E-state index is -0.0361. The molecule has 0 fully saturated rings. The number of aryl methyl sites for hydroxylation is 1. The van der Waals surface area contributed by atoms with E-state index in [9.17, 15) is 4.79 Å². The van der Waals surface area contributed by atoms with Gasteiger partial charge in [-0.25, -0.2) is 0 Å². The number of hydrogen-bond donors (Lipinski definition) is 0. The SMILES string of the molecule is Cc1cccc2c1CCC(=O)C2Sc1ccccc1. The van der Waals surface area contributed by atoms with Crippen molar-refractivity contribution in [3.05, 3.63) is 65.2 Å². The molecule has 0 heterocycles. The lowest BCUT2D eigenvalue weighted by Crippen LogP contribution is -2.18. The van der Waals surface area contributed by atoms with Crippen molar-refractivity contribution in [1.82, 2.24) is 0 Å². The number of carbonyl (C=O) groups excluding carboxylic acids is 1. The lowest BCUT2D eigenvalue weighted by molar-refractivity contribution is -0.119. The van der Waals surface area contributed by atoms with Gasteiger partial charge in [-0.3, -0.25) is 4.79 Å². The van der Waals surface area contributed by atoms with Crippen LogP contribution in [0.25, 0.3) is 0 Å². The molecule has 3 rings (SSSR count). The summed E-state index contributed by atoms with van der Waals surface area (Å²) in [7, 11) is 0. The average molecular weight is 268 g/mol. The molecule has 0 bridgehead atoms. The molecule has 1 nitrogen and oxygen atoms in total. The smallest absolute Gasteiger partial charge is 0.150 e. The third-order valence-corrected chi connectivity index (χ3v) is 4.94. The third-order valence-electron chi connectivity index (χ3n) is 3.64. The number of fused-ring (bicyclic) bond motifs is 1. The van der Waals surface area contributed by atoms with E-state index in [1.54, 1.807) is 11.8 Å². The van der Waals surface area contributed by atoms with Crippen LogP contribution in [0.4, 0.5) is 0 Å². The summed E-state index contributed by atoms with van der Waals surface area (Å²) < 4.78 is 0. The largest absolute Gasteiger partial charge is 0.298 e. The van der Waals surface area contributed by atoms with Gasteiger partial charge < -0.3 is 0 Å². The molecule has 1 unspecified atom stereocenters. The minimum Gasteiger partial charge on any atom is -0.298 e. The van der Waals surface area contributed by atoms with Crippen LogP contribution in [0.15, 0.2) is 53.4 Å². The summed E-state index contributed by atoms with van der Waals surface area (Å²) >= 11 is 1.67. The first-order chi connectivity index (χ1) is 9.25. The summed E-state index contributed by atoms with van der Waals surface area (Å²) in [5.74, 6) is 0.354. The number of rotatable bonds is 2. The summed E-state index contributed by atoms with van der Waals surface area (Å²) in [4.78, 5) is 13.4. The maximum absolute atomic E-state index is 12.3. The quantitative estimate of drug-likeness (QED) is 0.805. The van der Waals surface area contributed by atoms with E-state index in [-0.39, 0.29) is 5.25 Å². The molecule has 0 aliphatic heterocycles. The molecule has 1 aliphatic rings. The average Bonchev–Trinajstić information content (AvgIpc) is 2.43. The molecule has 2 aromatic carbocycles. The first-order valence-corrected chi connectivity index (χ1v) is 7.46. The van der Waals surface area contributed by atoms with Crippen molar-refractivity contribution in [2.45, 2.75) is 29.9 Å². The Morgan fingerprint density at radius 1 is 1.00 bits per heavy atom. The van der Waals surface area contributed by atoms with E-state index in [1.165, 1.54) is 16.7 Å². The number of carbonyl (C=O) groups is 1.